The standard InChI is InChI=1S/C15H20BrNO4/c1-15(2,3)21-14(19)17-12(13(18)20-4)9-10-6-5-7-11(16)8-10/h5-8,12H,9H2,1-4H3,(H,17,19)/t12-/m1/s1. The van der Waals surface area contributed by atoms with Crippen LogP contribution in [0.5, 0.6) is 0 Å². The summed E-state index contributed by atoms with van der Waals surface area (Å²) in [6.07, 6.45) is -0.321. The monoisotopic (exact) mass is 357 g/mol. The molecule has 116 valence electrons. The number of halogens is 1. The van der Waals surface area contributed by atoms with Gasteiger partial charge in [-0.15, -0.1) is 0 Å². The number of methoxy groups -OCH3 is 1. The van der Waals surface area contributed by atoms with Gasteiger partial charge in [-0.3, -0.25) is 0 Å². The van der Waals surface area contributed by atoms with Crippen molar-refractivity contribution in [3.05, 3.63) is 34.3 Å². The maximum atomic E-state index is 11.8. The van der Waals surface area contributed by atoms with E-state index >= 15 is 0 Å². The van der Waals surface area contributed by atoms with Crippen molar-refractivity contribution in [1.82, 2.24) is 5.32 Å². The van der Waals surface area contributed by atoms with Crippen LogP contribution < -0.4 is 5.32 Å². The first kappa shape index (κ1) is 17.5. The Morgan fingerprint density at radius 2 is 2.00 bits per heavy atom. The van der Waals surface area contributed by atoms with Gasteiger partial charge >= 0.3 is 12.1 Å². The first-order valence-electron chi connectivity index (χ1n) is 6.53. The lowest BCUT2D eigenvalue weighted by atomic mass is 10.1. The number of rotatable bonds is 4. The normalized spacial score (nSPS) is 12.4. The highest BCUT2D eigenvalue weighted by atomic mass is 79.9. The molecule has 0 radical (unpaired) electrons. The van der Waals surface area contributed by atoms with E-state index in [1.54, 1.807) is 20.8 Å². The molecule has 0 aliphatic rings. The van der Waals surface area contributed by atoms with Crippen molar-refractivity contribution >= 4 is 28.0 Å². The average molecular weight is 358 g/mol. The molecular weight excluding hydrogens is 338 g/mol. The minimum absolute atomic E-state index is 0.325. The summed E-state index contributed by atoms with van der Waals surface area (Å²) < 4.78 is 10.8. The van der Waals surface area contributed by atoms with Crippen molar-refractivity contribution in [2.24, 2.45) is 0 Å². The second kappa shape index (κ2) is 7.45. The molecule has 0 fully saturated rings. The van der Waals surface area contributed by atoms with Gasteiger partial charge in [0.2, 0.25) is 0 Å². The van der Waals surface area contributed by atoms with Gasteiger partial charge in [-0.1, -0.05) is 28.1 Å². The predicted molar refractivity (Wildman–Crippen MR) is 83.0 cm³/mol. The summed E-state index contributed by atoms with van der Waals surface area (Å²) in [4.78, 5) is 23.6. The number of benzene rings is 1. The maximum Gasteiger partial charge on any atom is 0.408 e. The second-order valence-electron chi connectivity index (χ2n) is 5.56. The molecule has 0 aliphatic heterocycles. The van der Waals surface area contributed by atoms with Crippen LogP contribution in [0, 0.1) is 0 Å². The first-order valence-corrected chi connectivity index (χ1v) is 7.32. The SMILES string of the molecule is COC(=O)[C@@H](Cc1cccc(Br)c1)NC(=O)OC(C)(C)C. The second-order valence-corrected chi connectivity index (χ2v) is 6.47. The van der Waals surface area contributed by atoms with E-state index in [4.69, 9.17) is 9.47 Å². The number of carbonyl (C=O) groups excluding carboxylic acids is 2. The minimum atomic E-state index is -0.792. The van der Waals surface area contributed by atoms with E-state index in [-0.39, 0.29) is 0 Å². The summed E-state index contributed by atoms with van der Waals surface area (Å²) >= 11 is 3.37. The average Bonchev–Trinajstić information content (AvgIpc) is 2.34. The molecule has 0 saturated heterocycles. The molecule has 1 rings (SSSR count). The van der Waals surface area contributed by atoms with E-state index in [9.17, 15) is 9.59 Å². The van der Waals surface area contributed by atoms with Gasteiger partial charge in [-0.2, -0.15) is 0 Å². The topological polar surface area (TPSA) is 64.6 Å². The number of hydrogen-bond donors (Lipinski definition) is 1. The molecule has 0 saturated carbocycles. The van der Waals surface area contributed by atoms with Crippen LogP contribution in [-0.4, -0.2) is 30.8 Å². The maximum absolute atomic E-state index is 11.8. The fourth-order valence-electron chi connectivity index (χ4n) is 1.69. The first-order chi connectivity index (χ1) is 9.71. The molecule has 1 amide bonds. The minimum Gasteiger partial charge on any atom is -0.467 e. The Morgan fingerprint density at radius 1 is 1.33 bits per heavy atom. The molecule has 0 spiro atoms. The number of ether oxygens (including phenoxy) is 2. The molecule has 0 bridgehead atoms. The van der Waals surface area contributed by atoms with Gasteiger partial charge in [0.1, 0.15) is 11.6 Å². The van der Waals surface area contributed by atoms with Gasteiger partial charge in [0.05, 0.1) is 7.11 Å². The molecule has 1 aromatic carbocycles. The summed E-state index contributed by atoms with van der Waals surface area (Å²) in [6, 6.07) is 6.71. The Labute approximate surface area is 133 Å². The molecule has 1 aromatic rings. The summed E-state index contributed by atoms with van der Waals surface area (Å²) in [7, 11) is 1.28. The van der Waals surface area contributed by atoms with Gasteiger partial charge < -0.3 is 14.8 Å². The van der Waals surface area contributed by atoms with Crippen molar-refractivity contribution in [1.29, 1.82) is 0 Å². The van der Waals surface area contributed by atoms with Crippen molar-refractivity contribution in [3.63, 3.8) is 0 Å². The number of hydrogen-bond acceptors (Lipinski definition) is 4. The fourth-order valence-corrected chi connectivity index (χ4v) is 2.13. The van der Waals surface area contributed by atoms with Crippen LogP contribution >= 0.6 is 15.9 Å². The van der Waals surface area contributed by atoms with Crippen LogP contribution in [0.3, 0.4) is 0 Å². The third kappa shape index (κ3) is 6.62. The summed E-state index contributed by atoms with van der Waals surface area (Å²) in [5, 5.41) is 2.54. The van der Waals surface area contributed by atoms with Crippen LogP contribution in [0.2, 0.25) is 0 Å². The van der Waals surface area contributed by atoms with Gasteiger partial charge in [-0.05, 0) is 38.5 Å². The summed E-state index contributed by atoms with van der Waals surface area (Å²) in [5.41, 5.74) is 0.274. The summed E-state index contributed by atoms with van der Waals surface area (Å²) in [6.45, 7) is 5.27. The predicted octanol–water partition coefficient (Wildman–Crippen LogP) is 3.06. The third-order valence-electron chi connectivity index (χ3n) is 2.51. The molecule has 0 heterocycles. The molecule has 21 heavy (non-hydrogen) atoms. The zero-order valence-electron chi connectivity index (χ0n) is 12.6. The molecule has 6 heteroatoms. The van der Waals surface area contributed by atoms with Crippen molar-refractivity contribution in [3.8, 4) is 0 Å². The Bertz CT molecular complexity index is 511. The van der Waals surface area contributed by atoms with Gasteiger partial charge in [0.15, 0.2) is 0 Å². The van der Waals surface area contributed by atoms with Crippen molar-refractivity contribution in [2.75, 3.05) is 7.11 Å². The Morgan fingerprint density at radius 3 is 2.52 bits per heavy atom. The smallest absolute Gasteiger partial charge is 0.408 e. The lowest BCUT2D eigenvalue weighted by Gasteiger charge is -2.22. The van der Waals surface area contributed by atoms with E-state index in [0.717, 1.165) is 10.0 Å². The van der Waals surface area contributed by atoms with E-state index < -0.39 is 23.7 Å². The number of alkyl carbamates (subject to hydrolysis) is 1. The molecule has 0 aromatic heterocycles. The largest absolute Gasteiger partial charge is 0.467 e. The van der Waals surface area contributed by atoms with Gasteiger partial charge in [-0.25, -0.2) is 9.59 Å². The number of amides is 1. The molecule has 0 aliphatic carbocycles. The summed E-state index contributed by atoms with van der Waals surface area (Å²) in [5.74, 6) is -0.513. The van der Waals surface area contributed by atoms with E-state index in [2.05, 4.69) is 21.2 Å². The van der Waals surface area contributed by atoms with E-state index in [1.165, 1.54) is 7.11 Å². The Balaban J connectivity index is 2.77. The fraction of sp³-hybridized carbons (Fsp3) is 0.467. The number of carbonyl (C=O) groups is 2. The molecule has 5 nitrogen and oxygen atoms in total. The number of nitrogens with one attached hydrogen (secondary N) is 1. The van der Waals surface area contributed by atoms with Crippen LogP contribution in [0.25, 0.3) is 0 Å². The van der Waals surface area contributed by atoms with Crippen molar-refractivity contribution < 1.29 is 19.1 Å². The highest BCUT2D eigenvalue weighted by Crippen LogP contribution is 2.14. The van der Waals surface area contributed by atoms with Gasteiger partial charge in [0, 0.05) is 10.9 Å². The highest BCUT2D eigenvalue weighted by Gasteiger charge is 2.25. The van der Waals surface area contributed by atoms with Crippen molar-refractivity contribution in [2.45, 2.75) is 38.8 Å². The van der Waals surface area contributed by atoms with E-state index in [1.807, 2.05) is 24.3 Å². The Kier molecular flexibility index (Phi) is 6.20. The quantitative estimate of drug-likeness (QED) is 0.841. The third-order valence-corrected chi connectivity index (χ3v) is 3.00. The highest BCUT2D eigenvalue weighted by molar-refractivity contribution is 9.10. The van der Waals surface area contributed by atoms with Crippen LogP contribution in [0.15, 0.2) is 28.7 Å². The lowest BCUT2D eigenvalue weighted by molar-refractivity contribution is -0.143. The molecule has 1 N–H and O–H groups in total. The molecular formula is C15H20BrNO4. The van der Waals surface area contributed by atoms with Crippen LogP contribution in [0.4, 0.5) is 4.79 Å². The van der Waals surface area contributed by atoms with Crippen LogP contribution in [0.1, 0.15) is 26.3 Å². The van der Waals surface area contributed by atoms with Crippen LogP contribution in [-0.2, 0) is 20.7 Å². The zero-order valence-corrected chi connectivity index (χ0v) is 14.2. The molecule has 0 unspecified atom stereocenters. The van der Waals surface area contributed by atoms with Gasteiger partial charge in [0.25, 0.3) is 0 Å². The number of esters is 1. The Hall–Kier alpha value is -1.56. The molecule has 1 atom stereocenters. The zero-order chi connectivity index (χ0) is 16.0. The lowest BCUT2D eigenvalue weighted by Crippen LogP contribution is -2.45. The van der Waals surface area contributed by atoms with E-state index in [0.29, 0.717) is 6.42 Å².